The Morgan fingerprint density at radius 2 is 1.88 bits per heavy atom. The number of pyridine rings is 1. The van der Waals surface area contributed by atoms with E-state index in [1.807, 2.05) is 0 Å². The van der Waals surface area contributed by atoms with E-state index in [-0.39, 0.29) is 24.6 Å². The Morgan fingerprint density at radius 1 is 1.12 bits per heavy atom. The van der Waals surface area contributed by atoms with Crippen LogP contribution in [-0.4, -0.2) is 30.7 Å². The van der Waals surface area contributed by atoms with Gasteiger partial charge in [-0.1, -0.05) is 12.1 Å². The lowest BCUT2D eigenvalue weighted by Gasteiger charge is -2.37. The summed E-state index contributed by atoms with van der Waals surface area (Å²) < 4.78 is 32.0. The number of aliphatic hydroxyl groups is 1. The first-order valence-corrected chi connectivity index (χ1v) is 11.2. The third kappa shape index (κ3) is 3.13. The number of rotatable bonds is 4. The molecule has 2 aromatic carbocycles. The molecule has 0 spiro atoms. The molecule has 34 heavy (non-hydrogen) atoms. The van der Waals surface area contributed by atoms with Crippen molar-refractivity contribution in [2.45, 2.75) is 38.0 Å². The van der Waals surface area contributed by atoms with E-state index in [1.165, 1.54) is 17.0 Å². The minimum absolute atomic E-state index is 0.160. The van der Waals surface area contributed by atoms with E-state index in [0.717, 1.165) is 17.4 Å². The van der Waals surface area contributed by atoms with E-state index in [0.29, 0.717) is 40.7 Å². The van der Waals surface area contributed by atoms with Crippen molar-refractivity contribution in [3.8, 4) is 11.1 Å². The van der Waals surface area contributed by atoms with Crippen LogP contribution in [0.25, 0.3) is 22.0 Å². The maximum absolute atomic E-state index is 15.2. The fourth-order valence-electron chi connectivity index (χ4n) is 5.04. The van der Waals surface area contributed by atoms with Gasteiger partial charge in [0.2, 0.25) is 0 Å². The van der Waals surface area contributed by atoms with E-state index in [2.05, 4.69) is 10.1 Å². The molecule has 0 unspecified atom stereocenters. The average Bonchev–Trinajstić information content (AvgIpc) is 3.33. The molecule has 4 aromatic rings. The van der Waals surface area contributed by atoms with Gasteiger partial charge in [0.1, 0.15) is 11.6 Å². The zero-order valence-electron chi connectivity index (χ0n) is 18.6. The summed E-state index contributed by atoms with van der Waals surface area (Å²) in [5.41, 5.74) is 2.41. The summed E-state index contributed by atoms with van der Waals surface area (Å²) in [6.45, 7) is 0.0394. The van der Waals surface area contributed by atoms with Gasteiger partial charge < -0.3 is 10.0 Å². The van der Waals surface area contributed by atoms with Gasteiger partial charge >= 0.3 is 0 Å². The molecule has 2 aromatic heterocycles. The molecule has 0 saturated heterocycles. The smallest absolute Gasteiger partial charge is 0.256 e. The summed E-state index contributed by atoms with van der Waals surface area (Å²) in [6.07, 6.45) is 5.69. The molecule has 1 fully saturated rings. The highest BCUT2D eigenvalue weighted by atomic mass is 19.1. The van der Waals surface area contributed by atoms with Crippen molar-refractivity contribution in [3.63, 3.8) is 0 Å². The Labute approximate surface area is 194 Å². The fraction of sp³-hybridized carbons (Fsp3) is 0.269. The van der Waals surface area contributed by atoms with Gasteiger partial charge in [-0.25, -0.2) is 8.78 Å². The van der Waals surface area contributed by atoms with E-state index in [9.17, 15) is 9.90 Å². The highest BCUT2D eigenvalue weighted by Crippen LogP contribution is 2.45. The Bertz CT molecular complexity index is 1450. The predicted molar refractivity (Wildman–Crippen MR) is 122 cm³/mol. The van der Waals surface area contributed by atoms with E-state index >= 15 is 8.78 Å². The number of amides is 1. The third-order valence-electron chi connectivity index (χ3n) is 7.02. The second-order valence-electron chi connectivity index (χ2n) is 9.19. The molecule has 3 heterocycles. The van der Waals surface area contributed by atoms with Crippen LogP contribution >= 0.6 is 0 Å². The summed E-state index contributed by atoms with van der Waals surface area (Å²) in [5.74, 6) is -1.72. The van der Waals surface area contributed by atoms with Crippen LogP contribution in [0.15, 0.2) is 48.8 Å². The first kappa shape index (κ1) is 20.9. The number of hydrogen-bond acceptors (Lipinski definition) is 4. The predicted octanol–water partition coefficient (Wildman–Crippen LogP) is 4.44. The van der Waals surface area contributed by atoms with Crippen molar-refractivity contribution < 1.29 is 18.7 Å². The van der Waals surface area contributed by atoms with E-state index in [1.54, 1.807) is 48.4 Å². The number of aromatic nitrogens is 3. The SMILES string of the molecule is Cn1cc2c(-c3cc(F)c(CN4Cc5ncccc5C4=O)c(F)c3)ccc(C3(O)CCC3)c2n1. The van der Waals surface area contributed by atoms with Crippen LogP contribution in [0.5, 0.6) is 0 Å². The molecule has 0 atom stereocenters. The van der Waals surface area contributed by atoms with Crippen LogP contribution in [0.1, 0.15) is 46.4 Å². The molecule has 6 rings (SSSR count). The molecule has 0 bridgehead atoms. The number of carbonyl (C=O) groups excluding carboxylic acids is 1. The first-order chi connectivity index (χ1) is 16.3. The minimum Gasteiger partial charge on any atom is -0.385 e. The maximum Gasteiger partial charge on any atom is 0.256 e. The van der Waals surface area contributed by atoms with E-state index < -0.39 is 17.2 Å². The largest absolute Gasteiger partial charge is 0.385 e. The van der Waals surface area contributed by atoms with Crippen LogP contribution in [-0.2, 0) is 25.7 Å². The molecule has 8 heteroatoms. The van der Waals surface area contributed by atoms with Gasteiger partial charge in [-0.2, -0.15) is 5.10 Å². The molecule has 1 amide bonds. The number of carbonyl (C=O) groups is 1. The highest BCUT2D eigenvalue weighted by molar-refractivity contribution is 5.98. The molecular formula is C26H22F2N4O2. The van der Waals surface area contributed by atoms with Crippen molar-refractivity contribution in [1.82, 2.24) is 19.7 Å². The quantitative estimate of drug-likeness (QED) is 0.489. The van der Waals surface area contributed by atoms with Crippen molar-refractivity contribution in [2.75, 3.05) is 0 Å². The van der Waals surface area contributed by atoms with Gasteiger partial charge in [0.25, 0.3) is 5.91 Å². The van der Waals surface area contributed by atoms with Crippen LogP contribution in [0.4, 0.5) is 8.78 Å². The number of aryl methyl sites for hydroxylation is 1. The Hall–Kier alpha value is -3.65. The minimum atomic E-state index is -0.903. The fourth-order valence-corrected chi connectivity index (χ4v) is 5.04. The van der Waals surface area contributed by atoms with Crippen LogP contribution in [0.3, 0.4) is 0 Å². The lowest BCUT2D eigenvalue weighted by Crippen LogP contribution is -2.33. The third-order valence-corrected chi connectivity index (χ3v) is 7.02. The Kier molecular flexibility index (Phi) is 4.57. The Morgan fingerprint density at radius 3 is 2.56 bits per heavy atom. The molecule has 6 nitrogen and oxygen atoms in total. The number of hydrogen-bond donors (Lipinski definition) is 1. The van der Waals surface area contributed by atoms with Crippen LogP contribution < -0.4 is 0 Å². The summed E-state index contributed by atoms with van der Waals surface area (Å²) in [4.78, 5) is 18.2. The molecule has 1 N–H and O–H groups in total. The summed E-state index contributed by atoms with van der Waals surface area (Å²) in [7, 11) is 1.78. The van der Waals surface area contributed by atoms with Crippen LogP contribution in [0.2, 0.25) is 0 Å². The lowest BCUT2D eigenvalue weighted by atomic mass is 9.74. The van der Waals surface area contributed by atoms with Gasteiger partial charge in [-0.05, 0) is 54.7 Å². The number of nitrogens with zero attached hydrogens (tertiary/aromatic N) is 4. The molecular weight excluding hydrogens is 438 g/mol. The summed E-state index contributed by atoms with van der Waals surface area (Å²) in [5, 5.41) is 16.1. The molecule has 0 radical (unpaired) electrons. The Balaban J connectivity index is 1.37. The van der Waals surface area contributed by atoms with Gasteiger partial charge in [-0.3, -0.25) is 14.5 Å². The lowest BCUT2D eigenvalue weighted by molar-refractivity contribution is -0.0376. The second kappa shape index (κ2) is 7.43. The zero-order valence-corrected chi connectivity index (χ0v) is 18.6. The van der Waals surface area contributed by atoms with Gasteiger partial charge in [0, 0.05) is 36.0 Å². The zero-order chi connectivity index (χ0) is 23.6. The number of fused-ring (bicyclic) bond motifs is 2. The standard InChI is InChI=1S/C26H22F2N4O2/c1-31-12-18-16(5-6-20(24(18)30-31)26(34)7-3-8-26)15-10-21(27)19(22(28)11-15)13-32-14-23-17(25(32)33)4-2-9-29-23/h2,4-6,9-12,34H,3,7-8,13-14H2,1H3. The maximum atomic E-state index is 15.2. The van der Waals surface area contributed by atoms with Gasteiger partial charge in [-0.15, -0.1) is 0 Å². The first-order valence-electron chi connectivity index (χ1n) is 11.2. The highest BCUT2D eigenvalue weighted by Gasteiger charge is 2.38. The van der Waals surface area contributed by atoms with Crippen molar-refractivity contribution in [2.24, 2.45) is 7.05 Å². The van der Waals surface area contributed by atoms with E-state index in [4.69, 9.17) is 0 Å². The van der Waals surface area contributed by atoms with Crippen molar-refractivity contribution in [3.05, 3.63) is 82.8 Å². The second-order valence-corrected chi connectivity index (χ2v) is 9.19. The summed E-state index contributed by atoms with van der Waals surface area (Å²) >= 11 is 0. The molecule has 172 valence electrons. The van der Waals surface area contributed by atoms with Gasteiger partial charge in [0.15, 0.2) is 0 Å². The normalized spacial score (nSPS) is 16.7. The van der Waals surface area contributed by atoms with Crippen molar-refractivity contribution >= 4 is 16.8 Å². The molecule has 1 aliphatic carbocycles. The molecule has 1 saturated carbocycles. The summed E-state index contributed by atoms with van der Waals surface area (Å²) in [6, 6.07) is 9.53. The van der Waals surface area contributed by atoms with Crippen LogP contribution in [0, 0.1) is 11.6 Å². The molecule has 2 aliphatic rings. The number of halogens is 2. The van der Waals surface area contributed by atoms with Crippen molar-refractivity contribution in [1.29, 1.82) is 0 Å². The van der Waals surface area contributed by atoms with Gasteiger partial charge in [0.05, 0.1) is 35.5 Å². The average molecular weight is 460 g/mol. The molecule has 1 aliphatic heterocycles. The monoisotopic (exact) mass is 460 g/mol. The number of benzene rings is 2. The topological polar surface area (TPSA) is 71.2 Å².